The van der Waals surface area contributed by atoms with E-state index in [9.17, 15) is 14.7 Å². The quantitative estimate of drug-likeness (QED) is 0.655. The van der Waals surface area contributed by atoms with Crippen molar-refractivity contribution in [3.8, 4) is 0 Å². The number of nitrogens with zero attached hydrogens (tertiary/aromatic N) is 3. The van der Waals surface area contributed by atoms with Gasteiger partial charge in [-0.3, -0.25) is 14.5 Å². The molecule has 1 aliphatic heterocycles. The number of imidazole rings is 1. The van der Waals surface area contributed by atoms with Gasteiger partial charge in [0.05, 0.1) is 29.7 Å². The minimum Gasteiger partial charge on any atom is -0.389 e. The van der Waals surface area contributed by atoms with Crippen LogP contribution in [0.3, 0.4) is 0 Å². The zero-order valence-corrected chi connectivity index (χ0v) is 17.5. The number of nitrogens with one attached hydrogen (secondary N) is 2. The normalized spacial score (nSPS) is 25.3. The fraction of sp³-hybridized carbons (Fsp3) is 0.591. The van der Waals surface area contributed by atoms with E-state index in [0.29, 0.717) is 25.9 Å². The van der Waals surface area contributed by atoms with E-state index in [1.165, 1.54) is 0 Å². The number of carbonyl (C=O) groups is 2. The summed E-state index contributed by atoms with van der Waals surface area (Å²) >= 11 is 0. The summed E-state index contributed by atoms with van der Waals surface area (Å²) in [5, 5.41) is 16.7. The number of fused-ring (bicyclic) bond motifs is 1. The van der Waals surface area contributed by atoms with Crippen molar-refractivity contribution >= 4 is 22.8 Å². The first-order valence-corrected chi connectivity index (χ1v) is 10.9. The summed E-state index contributed by atoms with van der Waals surface area (Å²) in [4.78, 5) is 30.9. The monoisotopic (exact) mass is 413 g/mol. The maximum atomic E-state index is 12.5. The summed E-state index contributed by atoms with van der Waals surface area (Å²) in [5.41, 5.74) is 2.06. The van der Waals surface area contributed by atoms with E-state index in [4.69, 9.17) is 0 Å². The zero-order chi connectivity index (χ0) is 21.1. The number of benzene rings is 1. The number of hydrogen-bond donors (Lipinski definition) is 3. The van der Waals surface area contributed by atoms with Crippen molar-refractivity contribution in [2.24, 2.45) is 0 Å². The average Bonchev–Trinajstić information content (AvgIpc) is 3.05. The molecule has 1 aromatic heterocycles. The molecular weight excluding hydrogens is 382 g/mol. The molecule has 2 heterocycles. The zero-order valence-electron chi connectivity index (χ0n) is 17.5. The summed E-state index contributed by atoms with van der Waals surface area (Å²) in [6, 6.07) is 7.70. The molecule has 2 aliphatic rings. The Morgan fingerprint density at radius 1 is 1.33 bits per heavy atom. The molecule has 0 radical (unpaired) electrons. The molecule has 4 rings (SSSR count). The van der Waals surface area contributed by atoms with Crippen molar-refractivity contribution < 1.29 is 14.7 Å². The van der Waals surface area contributed by atoms with Crippen molar-refractivity contribution in [2.45, 2.75) is 63.8 Å². The minimum atomic E-state index is -0.645. The number of aliphatic hydroxyl groups is 1. The minimum absolute atomic E-state index is 0.00179. The third-order valence-corrected chi connectivity index (χ3v) is 6.34. The van der Waals surface area contributed by atoms with E-state index < -0.39 is 6.10 Å². The fourth-order valence-corrected chi connectivity index (χ4v) is 4.81. The van der Waals surface area contributed by atoms with Crippen LogP contribution in [-0.4, -0.2) is 69.2 Å². The third-order valence-electron chi connectivity index (χ3n) is 6.34. The molecule has 8 heteroatoms. The van der Waals surface area contributed by atoms with Crippen LogP contribution in [0.4, 0.5) is 0 Å². The third kappa shape index (κ3) is 4.49. The van der Waals surface area contributed by atoms with Gasteiger partial charge in [-0.05, 0) is 44.7 Å². The molecule has 3 atom stereocenters. The highest BCUT2D eigenvalue weighted by Crippen LogP contribution is 2.24. The van der Waals surface area contributed by atoms with Gasteiger partial charge in [0, 0.05) is 32.1 Å². The molecule has 1 saturated carbocycles. The van der Waals surface area contributed by atoms with Gasteiger partial charge in [0.2, 0.25) is 11.8 Å². The van der Waals surface area contributed by atoms with Crippen LogP contribution in [0.1, 0.15) is 37.9 Å². The van der Waals surface area contributed by atoms with E-state index in [-0.39, 0.29) is 23.9 Å². The number of piperazine rings is 1. The number of carbonyl (C=O) groups excluding carboxylic acids is 2. The standard InChI is InChI=1S/C22H31N5O3/c1-15-24-16-6-2-3-8-18(16)27(15)12-5-10-20(28)25-17-7-4-9-19(22(17)30)26-13-11-23-21(29)14-26/h2-3,6,8,17,19,22,30H,4-5,7,9-14H2,1H3,(H,23,29)(H,25,28)/t17-,19-,22-/m1/s1. The van der Waals surface area contributed by atoms with E-state index in [2.05, 4.69) is 31.2 Å². The number of amides is 2. The van der Waals surface area contributed by atoms with Crippen LogP contribution in [0.5, 0.6) is 0 Å². The van der Waals surface area contributed by atoms with Crippen LogP contribution in [0.15, 0.2) is 24.3 Å². The van der Waals surface area contributed by atoms with Gasteiger partial charge in [-0.1, -0.05) is 12.1 Å². The summed E-state index contributed by atoms with van der Waals surface area (Å²) in [7, 11) is 0. The summed E-state index contributed by atoms with van der Waals surface area (Å²) in [6.07, 6.45) is 3.04. The van der Waals surface area contributed by atoms with E-state index >= 15 is 0 Å². The predicted molar refractivity (Wildman–Crippen MR) is 114 cm³/mol. The van der Waals surface area contributed by atoms with Gasteiger partial charge in [-0.2, -0.15) is 0 Å². The van der Waals surface area contributed by atoms with E-state index in [1.54, 1.807) is 0 Å². The Balaban J connectivity index is 1.29. The lowest BCUT2D eigenvalue weighted by molar-refractivity contribution is -0.128. The van der Waals surface area contributed by atoms with Crippen molar-refractivity contribution in [3.05, 3.63) is 30.1 Å². The van der Waals surface area contributed by atoms with Gasteiger partial charge in [-0.25, -0.2) is 4.98 Å². The Morgan fingerprint density at radius 3 is 3.00 bits per heavy atom. The fourth-order valence-electron chi connectivity index (χ4n) is 4.81. The molecule has 2 aromatic rings. The highest BCUT2D eigenvalue weighted by atomic mass is 16.3. The first kappa shape index (κ1) is 20.8. The average molecular weight is 414 g/mol. The molecule has 1 aromatic carbocycles. The largest absolute Gasteiger partial charge is 0.389 e. The van der Waals surface area contributed by atoms with E-state index in [0.717, 1.165) is 49.2 Å². The Kier molecular flexibility index (Phi) is 6.34. The number of aliphatic hydroxyl groups excluding tert-OH is 1. The molecule has 2 amide bonds. The van der Waals surface area contributed by atoms with Gasteiger partial charge in [-0.15, -0.1) is 0 Å². The van der Waals surface area contributed by atoms with Gasteiger partial charge in [0.1, 0.15) is 5.82 Å². The molecule has 0 bridgehead atoms. The molecule has 162 valence electrons. The van der Waals surface area contributed by atoms with Crippen LogP contribution in [-0.2, 0) is 16.1 Å². The summed E-state index contributed by atoms with van der Waals surface area (Å²) in [6.45, 7) is 4.40. The molecule has 0 spiro atoms. The first-order valence-electron chi connectivity index (χ1n) is 10.9. The second-order valence-electron chi connectivity index (χ2n) is 8.39. The first-order chi connectivity index (χ1) is 14.5. The molecule has 0 unspecified atom stereocenters. The summed E-state index contributed by atoms with van der Waals surface area (Å²) in [5.74, 6) is 0.924. The topological polar surface area (TPSA) is 99.5 Å². The predicted octanol–water partition coefficient (Wildman–Crippen LogP) is 0.955. The lowest BCUT2D eigenvalue weighted by atomic mass is 9.86. The van der Waals surface area contributed by atoms with Crippen molar-refractivity contribution in [1.29, 1.82) is 0 Å². The number of hydrogen-bond acceptors (Lipinski definition) is 5. The van der Waals surface area contributed by atoms with Crippen LogP contribution in [0, 0.1) is 6.92 Å². The molecule has 8 nitrogen and oxygen atoms in total. The number of aryl methyl sites for hydroxylation is 2. The molecular formula is C22H31N5O3. The second-order valence-corrected chi connectivity index (χ2v) is 8.39. The molecule has 2 fully saturated rings. The molecule has 30 heavy (non-hydrogen) atoms. The Morgan fingerprint density at radius 2 is 2.17 bits per heavy atom. The van der Waals surface area contributed by atoms with Crippen LogP contribution in [0.25, 0.3) is 11.0 Å². The number of aromatic nitrogens is 2. The highest BCUT2D eigenvalue weighted by molar-refractivity contribution is 5.79. The van der Waals surface area contributed by atoms with Crippen LogP contribution in [0.2, 0.25) is 0 Å². The SMILES string of the molecule is Cc1nc2ccccc2n1CCCC(=O)N[C@@H]1CCC[C@@H](N2CCNC(=O)C2)[C@@H]1O. The maximum Gasteiger partial charge on any atom is 0.234 e. The van der Waals surface area contributed by atoms with E-state index in [1.807, 2.05) is 25.1 Å². The smallest absolute Gasteiger partial charge is 0.234 e. The summed E-state index contributed by atoms with van der Waals surface area (Å²) < 4.78 is 2.15. The molecule has 1 aliphatic carbocycles. The Bertz CT molecular complexity index is 911. The Hall–Kier alpha value is -2.45. The van der Waals surface area contributed by atoms with Gasteiger partial charge in [0.15, 0.2) is 0 Å². The molecule has 1 saturated heterocycles. The maximum absolute atomic E-state index is 12.5. The van der Waals surface area contributed by atoms with Crippen LogP contribution >= 0.6 is 0 Å². The lowest BCUT2D eigenvalue weighted by Gasteiger charge is -2.42. The van der Waals surface area contributed by atoms with Crippen molar-refractivity contribution in [3.63, 3.8) is 0 Å². The van der Waals surface area contributed by atoms with Crippen LogP contribution < -0.4 is 10.6 Å². The van der Waals surface area contributed by atoms with Gasteiger partial charge < -0.3 is 20.3 Å². The number of rotatable bonds is 6. The molecule has 3 N–H and O–H groups in total. The highest BCUT2D eigenvalue weighted by Gasteiger charge is 2.37. The van der Waals surface area contributed by atoms with Crippen molar-refractivity contribution in [2.75, 3.05) is 19.6 Å². The van der Waals surface area contributed by atoms with Gasteiger partial charge >= 0.3 is 0 Å². The number of para-hydroxylation sites is 2. The lowest BCUT2D eigenvalue weighted by Crippen LogP contribution is -2.60. The Labute approximate surface area is 176 Å². The second kappa shape index (κ2) is 9.14. The van der Waals surface area contributed by atoms with Gasteiger partial charge in [0.25, 0.3) is 0 Å². The van der Waals surface area contributed by atoms with Crippen molar-refractivity contribution in [1.82, 2.24) is 25.1 Å².